The van der Waals surface area contributed by atoms with Gasteiger partial charge < -0.3 is 9.84 Å². The van der Waals surface area contributed by atoms with Crippen LogP contribution in [0, 0.1) is 12.8 Å². The Morgan fingerprint density at radius 1 is 1.10 bits per heavy atom. The number of hydrogen-bond acceptors (Lipinski definition) is 4. The monoisotopic (exact) mass is 401 g/mol. The van der Waals surface area contributed by atoms with Crippen LogP contribution in [0.3, 0.4) is 0 Å². The molecule has 4 rings (SSSR count). The zero-order valence-corrected chi connectivity index (χ0v) is 17.2. The summed E-state index contributed by atoms with van der Waals surface area (Å²) in [6.45, 7) is 6.10. The van der Waals surface area contributed by atoms with Gasteiger partial charge in [-0.1, -0.05) is 37.2 Å². The number of carbonyl (C=O) groups excluding carboxylic acids is 1. The lowest BCUT2D eigenvalue weighted by Gasteiger charge is -2.11. The number of rotatable bonds is 5. The fourth-order valence-electron chi connectivity index (χ4n) is 3.49. The van der Waals surface area contributed by atoms with Crippen molar-refractivity contribution >= 4 is 22.4 Å². The molecule has 2 aromatic heterocycles. The van der Waals surface area contributed by atoms with E-state index < -0.39 is 0 Å². The maximum Gasteiger partial charge on any atom is 0.264 e. The zero-order valence-electron chi connectivity index (χ0n) is 17.2. The van der Waals surface area contributed by atoms with Crippen LogP contribution in [0.4, 0.5) is 5.69 Å². The third kappa shape index (κ3) is 3.89. The minimum Gasteiger partial charge on any atom is -0.360 e. The van der Waals surface area contributed by atoms with Gasteiger partial charge in [0.25, 0.3) is 11.5 Å². The number of hydrogen-bond donors (Lipinski definition) is 1. The van der Waals surface area contributed by atoms with Crippen LogP contribution in [0.5, 0.6) is 0 Å². The van der Waals surface area contributed by atoms with Gasteiger partial charge in [0, 0.05) is 34.3 Å². The van der Waals surface area contributed by atoms with Crippen molar-refractivity contribution in [3.63, 3.8) is 0 Å². The second-order valence-corrected chi connectivity index (χ2v) is 7.80. The van der Waals surface area contributed by atoms with Crippen molar-refractivity contribution in [3.8, 4) is 5.82 Å². The number of nitrogens with one attached hydrogen (secondary N) is 1. The van der Waals surface area contributed by atoms with Gasteiger partial charge in [-0.25, -0.2) is 0 Å². The van der Waals surface area contributed by atoms with Crippen molar-refractivity contribution in [2.75, 3.05) is 5.32 Å². The molecule has 2 aromatic carbocycles. The molecule has 0 saturated carbocycles. The average molecular weight is 401 g/mol. The Balaban J connectivity index is 1.64. The standard InChI is InChI=1S/C24H23N3O3/c1-15(2)13-17-7-9-18(10-8-17)23(28)25-21-6-4-5-20-19(21)11-12-27(24(20)29)22-14-16(3)30-26-22/h4-12,14-15H,13H2,1-3H3,(H,25,28). The molecule has 1 amide bonds. The summed E-state index contributed by atoms with van der Waals surface area (Å²) in [5.41, 5.74) is 2.14. The van der Waals surface area contributed by atoms with E-state index in [0.29, 0.717) is 39.5 Å². The molecule has 0 bridgehead atoms. The number of carbonyl (C=O) groups is 1. The lowest BCUT2D eigenvalue weighted by Crippen LogP contribution is -2.19. The van der Waals surface area contributed by atoms with E-state index in [0.717, 1.165) is 6.42 Å². The largest absolute Gasteiger partial charge is 0.360 e. The molecule has 2 heterocycles. The number of amides is 1. The minimum atomic E-state index is -0.227. The highest BCUT2D eigenvalue weighted by atomic mass is 16.5. The van der Waals surface area contributed by atoms with E-state index in [1.54, 1.807) is 43.5 Å². The van der Waals surface area contributed by atoms with Crippen LogP contribution >= 0.6 is 0 Å². The summed E-state index contributed by atoms with van der Waals surface area (Å²) in [6, 6.07) is 16.4. The molecule has 1 N–H and O–H groups in total. The number of nitrogens with zero attached hydrogens (tertiary/aromatic N) is 2. The van der Waals surface area contributed by atoms with Crippen LogP contribution in [0.1, 0.15) is 35.5 Å². The molecule has 0 atom stereocenters. The quantitative estimate of drug-likeness (QED) is 0.524. The first kappa shape index (κ1) is 19.6. The van der Waals surface area contributed by atoms with E-state index in [2.05, 4.69) is 24.3 Å². The second-order valence-electron chi connectivity index (χ2n) is 7.80. The zero-order chi connectivity index (χ0) is 21.3. The van der Waals surface area contributed by atoms with Crippen molar-refractivity contribution in [1.29, 1.82) is 0 Å². The molecular formula is C24H23N3O3. The summed E-state index contributed by atoms with van der Waals surface area (Å²) in [4.78, 5) is 25.7. The molecule has 0 fully saturated rings. The predicted molar refractivity (Wildman–Crippen MR) is 117 cm³/mol. The predicted octanol–water partition coefficient (Wildman–Crippen LogP) is 4.74. The van der Waals surface area contributed by atoms with E-state index in [1.165, 1.54) is 10.1 Å². The summed E-state index contributed by atoms with van der Waals surface area (Å²) in [5.74, 6) is 1.40. The van der Waals surface area contributed by atoms with Gasteiger partial charge in [0.2, 0.25) is 0 Å². The Bertz CT molecular complexity index is 1270. The van der Waals surface area contributed by atoms with Crippen molar-refractivity contribution in [1.82, 2.24) is 9.72 Å². The van der Waals surface area contributed by atoms with Gasteiger partial charge >= 0.3 is 0 Å². The number of aromatic nitrogens is 2. The Morgan fingerprint density at radius 2 is 1.87 bits per heavy atom. The van der Waals surface area contributed by atoms with Crippen molar-refractivity contribution in [2.24, 2.45) is 5.92 Å². The summed E-state index contributed by atoms with van der Waals surface area (Å²) >= 11 is 0. The molecule has 0 radical (unpaired) electrons. The lowest BCUT2D eigenvalue weighted by atomic mass is 10.0. The third-order valence-corrected chi connectivity index (χ3v) is 4.92. The van der Waals surface area contributed by atoms with E-state index in [1.807, 2.05) is 24.3 Å². The average Bonchev–Trinajstić information content (AvgIpc) is 3.15. The van der Waals surface area contributed by atoms with Crippen LogP contribution in [0.15, 0.2) is 70.1 Å². The Hall–Kier alpha value is -3.67. The fraction of sp³-hybridized carbons (Fsp3) is 0.208. The maximum atomic E-state index is 12.9. The van der Waals surface area contributed by atoms with Crippen LogP contribution < -0.4 is 10.9 Å². The van der Waals surface area contributed by atoms with E-state index in [9.17, 15) is 9.59 Å². The minimum absolute atomic E-state index is 0.213. The van der Waals surface area contributed by atoms with Crippen molar-refractivity contribution in [3.05, 3.63) is 88.0 Å². The normalized spacial score (nSPS) is 11.2. The maximum absolute atomic E-state index is 12.9. The molecule has 30 heavy (non-hydrogen) atoms. The number of pyridine rings is 1. The Morgan fingerprint density at radius 3 is 2.53 bits per heavy atom. The Labute approximate surface area is 174 Å². The van der Waals surface area contributed by atoms with Gasteiger partial charge in [0.1, 0.15) is 5.76 Å². The first-order chi connectivity index (χ1) is 14.4. The first-order valence-corrected chi connectivity index (χ1v) is 9.91. The van der Waals surface area contributed by atoms with Gasteiger partial charge in [-0.05, 0) is 55.2 Å². The van der Waals surface area contributed by atoms with Crippen LogP contribution in [0.2, 0.25) is 0 Å². The fourth-order valence-corrected chi connectivity index (χ4v) is 3.49. The SMILES string of the molecule is Cc1cc(-n2ccc3c(NC(=O)c4ccc(CC(C)C)cc4)cccc3c2=O)no1. The van der Waals surface area contributed by atoms with Crippen molar-refractivity contribution in [2.45, 2.75) is 27.2 Å². The highest BCUT2D eigenvalue weighted by Crippen LogP contribution is 2.22. The summed E-state index contributed by atoms with van der Waals surface area (Å²) in [5, 5.41) is 8.00. The van der Waals surface area contributed by atoms with E-state index in [4.69, 9.17) is 4.52 Å². The lowest BCUT2D eigenvalue weighted by molar-refractivity contribution is 0.102. The first-order valence-electron chi connectivity index (χ1n) is 9.91. The molecule has 6 heteroatoms. The molecule has 4 aromatic rings. The van der Waals surface area contributed by atoms with Gasteiger partial charge in [-0.3, -0.25) is 14.2 Å². The number of fused-ring (bicyclic) bond motifs is 1. The molecule has 0 saturated heterocycles. The van der Waals surface area contributed by atoms with E-state index >= 15 is 0 Å². The molecular weight excluding hydrogens is 378 g/mol. The number of benzene rings is 2. The van der Waals surface area contributed by atoms with Gasteiger partial charge in [-0.15, -0.1) is 0 Å². The molecule has 0 aliphatic heterocycles. The Kier molecular flexibility index (Phi) is 5.23. The summed E-state index contributed by atoms with van der Waals surface area (Å²) < 4.78 is 6.50. The van der Waals surface area contributed by atoms with Crippen LogP contribution in [-0.2, 0) is 6.42 Å². The highest BCUT2D eigenvalue weighted by Gasteiger charge is 2.13. The van der Waals surface area contributed by atoms with Gasteiger partial charge in [0.15, 0.2) is 5.82 Å². The molecule has 0 aliphatic carbocycles. The molecule has 0 aliphatic rings. The summed E-state index contributed by atoms with van der Waals surface area (Å²) in [6.07, 6.45) is 2.61. The third-order valence-electron chi connectivity index (χ3n) is 4.92. The highest BCUT2D eigenvalue weighted by molar-refractivity contribution is 6.09. The molecule has 6 nitrogen and oxygen atoms in total. The molecule has 0 unspecified atom stereocenters. The molecule has 0 spiro atoms. The topological polar surface area (TPSA) is 77.1 Å². The second kappa shape index (κ2) is 7.99. The summed E-state index contributed by atoms with van der Waals surface area (Å²) in [7, 11) is 0. The van der Waals surface area contributed by atoms with Crippen LogP contribution in [0.25, 0.3) is 16.6 Å². The van der Waals surface area contributed by atoms with Gasteiger partial charge in [-0.2, -0.15) is 0 Å². The van der Waals surface area contributed by atoms with Crippen LogP contribution in [-0.4, -0.2) is 15.6 Å². The van der Waals surface area contributed by atoms with Gasteiger partial charge in [0.05, 0.1) is 0 Å². The van der Waals surface area contributed by atoms with Crippen molar-refractivity contribution < 1.29 is 9.32 Å². The van der Waals surface area contributed by atoms with E-state index in [-0.39, 0.29) is 11.5 Å². The molecule has 152 valence electrons. The smallest absolute Gasteiger partial charge is 0.264 e. The number of aryl methyl sites for hydroxylation is 1. The number of anilines is 1.